The molecule has 1 aliphatic rings. The smallest absolute Gasteiger partial charge is 0.335 e. The zero-order valence-corrected chi connectivity index (χ0v) is 15.0. The molecule has 0 bridgehead atoms. The van der Waals surface area contributed by atoms with Crippen molar-refractivity contribution in [3.63, 3.8) is 0 Å². The lowest BCUT2D eigenvalue weighted by molar-refractivity contribution is -0.120. The Kier molecular flexibility index (Phi) is 4.36. The second kappa shape index (κ2) is 6.83. The maximum atomic E-state index is 12.0. The van der Waals surface area contributed by atoms with Crippen LogP contribution in [0, 0.1) is 6.92 Å². The van der Waals surface area contributed by atoms with E-state index in [-0.39, 0.29) is 11.5 Å². The molecule has 1 aromatic heterocycles. The average Bonchev–Trinajstić information content (AvgIpc) is 3.46. The molecule has 5 heteroatoms. The number of carbonyl (C=O) groups is 2. The van der Waals surface area contributed by atoms with Gasteiger partial charge in [0.15, 0.2) is 0 Å². The minimum Gasteiger partial charge on any atom is -0.478 e. The Balaban J connectivity index is 1.65. The number of carbonyl (C=O) groups excluding carboxylic acids is 1. The number of hydrogen-bond donors (Lipinski definition) is 2. The van der Waals surface area contributed by atoms with Crippen LogP contribution in [0.25, 0.3) is 22.2 Å². The van der Waals surface area contributed by atoms with Gasteiger partial charge in [-0.05, 0) is 61.2 Å². The summed E-state index contributed by atoms with van der Waals surface area (Å²) in [6.07, 6.45) is 2.53. The second-order valence-corrected chi connectivity index (χ2v) is 7.08. The summed E-state index contributed by atoms with van der Waals surface area (Å²) in [4.78, 5) is 27.9. The Hall–Kier alpha value is -3.21. The first-order valence-corrected chi connectivity index (χ1v) is 9.03. The number of nitrogens with zero attached hydrogens (tertiary/aromatic N) is 1. The molecule has 3 aromatic rings. The minimum atomic E-state index is -0.955. The molecule has 4 rings (SSSR count). The molecule has 5 nitrogen and oxygen atoms in total. The number of amides is 1. The third-order valence-corrected chi connectivity index (χ3v) is 4.79. The Labute approximate surface area is 157 Å². The first kappa shape index (κ1) is 17.2. The fourth-order valence-electron chi connectivity index (χ4n) is 3.20. The SMILES string of the molecule is Cc1cc(-c2cccc(C(=O)O)c2)nc2ccc(CC(=O)NC3CC3)cc12. The highest BCUT2D eigenvalue weighted by Gasteiger charge is 2.23. The molecule has 0 saturated heterocycles. The quantitative estimate of drug-likeness (QED) is 0.727. The van der Waals surface area contributed by atoms with Gasteiger partial charge in [-0.25, -0.2) is 9.78 Å². The molecule has 0 unspecified atom stereocenters. The van der Waals surface area contributed by atoms with E-state index in [0.717, 1.165) is 46.1 Å². The van der Waals surface area contributed by atoms with E-state index in [9.17, 15) is 14.7 Å². The summed E-state index contributed by atoms with van der Waals surface area (Å²) in [7, 11) is 0. The van der Waals surface area contributed by atoms with Crippen LogP contribution >= 0.6 is 0 Å². The zero-order chi connectivity index (χ0) is 19.0. The lowest BCUT2D eigenvalue weighted by atomic mass is 10.0. The maximum absolute atomic E-state index is 12.0. The third-order valence-electron chi connectivity index (χ3n) is 4.79. The largest absolute Gasteiger partial charge is 0.478 e. The third kappa shape index (κ3) is 3.82. The maximum Gasteiger partial charge on any atom is 0.335 e. The number of aromatic nitrogens is 1. The van der Waals surface area contributed by atoms with Crippen molar-refractivity contribution in [2.24, 2.45) is 0 Å². The normalized spacial score (nSPS) is 13.5. The number of benzene rings is 2. The average molecular weight is 360 g/mol. The second-order valence-electron chi connectivity index (χ2n) is 7.08. The summed E-state index contributed by atoms with van der Waals surface area (Å²) < 4.78 is 0. The van der Waals surface area contributed by atoms with Crippen LogP contribution < -0.4 is 5.32 Å². The molecular weight excluding hydrogens is 340 g/mol. The van der Waals surface area contributed by atoms with Crippen molar-refractivity contribution >= 4 is 22.8 Å². The Morgan fingerprint density at radius 3 is 2.70 bits per heavy atom. The van der Waals surface area contributed by atoms with Gasteiger partial charge in [0, 0.05) is 17.0 Å². The number of rotatable bonds is 5. The monoisotopic (exact) mass is 360 g/mol. The standard InChI is InChI=1S/C22H20N2O3/c1-13-9-20(15-3-2-4-16(12-15)22(26)27)24-19-8-5-14(10-18(13)19)11-21(25)23-17-6-7-17/h2-5,8-10,12,17H,6-7,11H2,1H3,(H,23,25)(H,26,27). The highest BCUT2D eigenvalue weighted by atomic mass is 16.4. The Morgan fingerprint density at radius 1 is 1.15 bits per heavy atom. The van der Waals surface area contributed by atoms with E-state index in [2.05, 4.69) is 5.32 Å². The molecule has 0 radical (unpaired) electrons. The number of carboxylic acid groups (broad SMARTS) is 1. The van der Waals surface area contributed by atoms with Gasteiger partial charge in [-0.3, -0.25) is 4.79 Å². The van der Waals surface area contributed by atoms with Crippen molar-refractivity contribution in [3.05, 3.63) is 65.2 Å². The number of hydrogen-bond acceptors (Lipinski definition) is 3. The molecule has 1 aliphatic carbocycles. The highest BCUT2D eigenvalue weighted by Crippen LogP contribution is 2.26. The molecule has 1 saturated carbocycles. The van der Waals surface area contributed by atoms with Crippen LogP contribution in [0.15, 0.2) is 48.5 Å². The van der Waals surface area contributed by atoms with Crippen molar-refractivity contribution < 1.29 is 14.7 Å². The minimum absolute atomic E-state index is 0.0598. The lowest BCUT2D eigenvalue weighted by Gasteiger charge is -2.10. The van der Waals surface area contributed by atoms with Crippen LogP contribution in [0.2, 0.25) is 0 Å². The van der Waals surface area contributed by atoms with Gasteiger partial charge in [0.05, 0.1) is 23.2 Å². The van der Waals surface area contributed by atoms with Crippen LogP contribution in [-0.2, 0) is 11.2 Å². The molecule has 0 spiro atoms. The molecule has 1 fully saturated rings. The number of aryl methyl sites for hydroxylation is 1. The van der Waals surface area contributed by atoms with Gasteiger partial charge in [0.25, 0.3) is 0 Å². The molecule has 2 N–H and O–H groups in total. The van der Waals surface area contributed by atoms with Crippen molar-refractivity contribution in [1.29, 1.82) is 0 Å². The molecule has 136 valence electrons. The number of pyridine rings is 1. The molecule has 2 aromatic carbocycles. The van der Waals surface area contributed by atoms with Gasteiger partial charge >= 0.3 is 5.97 Å². The van der Waals surface area contributed by atoms with Gasteiger partial charge in [0.1, 0.15) is 0 Å². The predicted molar refractivity (Wildman–Crippen MR) is 104 cm³/mol. The highest BCUT2D eigenvalue weighted by molar-refractivity contribution is 5.90. The first-order chi connectivity index (χ1) is 13.0. The number of nitrogens with one attached hydrogen (secondary N) is 1. The van der Waals surface area contributed by atoms with Crippen LogP contribution in [-0.4, -0.2) is 28.0 Å². The van der Waals surface area contributed by atoms with Crippen LogP contribution in [0.1, 0.15) is 34.3 Å². The lowest BCUT2D eigenvalue weighted by Crippen LogP contribution is -2.26. The van der Waals surface area contributed by atoms with E-state index < -0.39 is 5.97 Å². The van der Waals surface area contributed by atoms with Crippen molar-refractivity contribution in [2.45, 2.75) is 32.2 Å². The van der Waals surface area contributed by atoms with Crippen LogP contribution in [0.3, 0.4) is 0 Å². The summed E-state index contributed by atoms with van der Waals surface area (Å²) in [5, 5.41) is 13.2. The van der Waals surface area contributed by atoms with E-state index in [1.807, 2.05) is 37.3 Å². The number of aromatic carboxylic acids is 1. The van der Waals surface area contributed by atoms with Gasteiger partial charge in [0.2, 0.25) is 5.91 Å². The fraction of sp³-hybridized carbons (Fsp3) is 0.227. The molecule has 1 heterocycles. The van der Waals surface area contributed by atoms with Crippen LogP contribution in [0.5, 0.6) is 0 Å². The molecule has 0 aliphatic heterocycles. The van der Waals surface area contributed by atoms with Crippen molar-refractivity contribution in [1.82, 2.24) is 10.3 Å². The van der Waals surface area contributed by atoms with E-state index in [1.54, 1.807) is 18.2 Å². The van der Waals surface area contributed by atoms with Gasteiger partial charge < -0.3 is 10.4 Å². The van der Waals surface area contributed by atoms with Crippen molar-refractivity contribution in [3.8, 4) is 11.3 Å². The number of fused-ring (bicyclic) bond motifs is 1. The summed E-state index contributed by atoms with van der Waals surface area (Å²) in [6.45, 7) is 2.00. The van der Waals surface area contributed by atoms with Crippen LogP contribution in [0.4, 0.5) is 0 Å². The zero-order valence-electron chi connectivity index (χ0n) is 15.0. The molecular formula is C22H20N2O3. The Bertz CT molecular complexity index is 1050. The Morgan fingerprint density at radius 2 is 1.96 bits per heavy atom. The molecule has 0 atom stereocenters. The van der Waals surface area contributed by atoms with E-state index in [0.29, 0.717) is 12.5 Å². The van der Waals surface area contributed by atoms with E-state index in [4.69, 9.17) is 4.98 Å². The summed E-state index contributed by atoms with van der Waals surface area (Å²) in [5.74, 6) is -0.895. The predicted octanol–water partition coefficient (Wildman–Crippen LogP) is 3.73. The molecule has 1 amide bonds. The topological polar surface area (TPSA) is 79.3 Å². The molecule has 27 heavy (non-hydrogen) atoms. The summed E-state index contributed by atoms with van der Waals surface area (Å²) in [5.41, 5.74) is 4.59. The van der Waals surface area contributed by atoms with Gasteiger partial charge in [-0.15, -0.1) is 0 Å². The summed E-state index contributed by atoms with van der Waals surface area (Å²) >= 11 is 0. The van der Waals surface area contributed by atoms with Crippen molar-refractivity contribution in [2.75, 3.05) is 0 Å². The van der Waals surface area contributed by atoms with Gasteiger partial charge in [-0.2, -0.15) is 0 Å². The fourth-order valence-corrected chi connectivity index (χ4v) is 3.20. The van der Waals surface area contributed by atoms with Gasteiger partial charge in [-0.1, -0.05) is 18.2 Å². The van der Waals surface area contributed by atoms with E-state index >= 15 is 0 Å². The first-order valence-electron chi connectivity index (χ1n) is 9.03. The summed E-state index contributed by atoms with van der Waals surface area (Å²) in [6, 6.07) is 15.0. The van der Waals surface area contributed by atoms with E-state index in [1.165, 1.54) is 0 Å². The number of carboxylic acids is 1.